The highest BCUT2D eigenvalue weighted by molar-refractivity contribution is 7.89. The summed E-state index contributed by atoms with van der Waals surface area (Å²) in [4.78, 5) is 24.1. The molecule has 1 amide bonds. The Bertz CT molecular complexity index is 1450. The zero-order valence-corrected chi connectivity index (χ0v) is 23.7. The number of aromatic nitrogens is 4. The molecule has 1 spiro atoms. The summed E-state index contributed by atoms with van der Waals surface area (Å²) in [6.07, 6.45) is 1.35. The maximum Gasteiger partial charge on any atom is 0.417 e. The van der Waals surface area contributed by atoms with E-state index in [-0.39, 0.29) is 48.3 Å². The number of amides is 1. The lowest BCUT2D eigenvalue weighted by Crippen LogP contribution is -2.54. The number of anilines is 2. The Morgan fingerprint density at radius 3 is 2.44 bits per heavy atom. The summed E-state index contributed by atoms with van der Waals surface area (Å²) >= 11 is 0. The molecule has 2 aliphatic heterocycles. The molecule has 41 heavy (non-hydrogen) atoms. The molecule has 2 aromatic heterocycles. The number of hydrogen-bond donors (Lipinski definition) is 2. The van der Waals surface area contributed by atoms with Crippen molar-refractivity contribution in [1.82, 2.24) is 24.1 Å². The summed E-state index contributed by atoms with van der Waals surface area (Å²) in [5.41, 5.74) is -3.01. The number of carbonyl (C=O) groups is 1. The SMILES string of the molecule is CC(C)n1cc(S(=O)(=O)N2CCC(Nc3ncc4c(n3)N(C3CCC[C@](O)(C(F)(F)F)C3)C(=O)C43CC3)CC2)cn1. The van der Waals surface area contributed by atoms with Gasteiger partial charge in [-0.3, -0.25) is 14.4 Å². The van der Waals surface area contributed by atoms with Crippen LogP contribution in [-0.4, -0.2) is 80.4 Å². The molecule has 11 nitrogen and oxygen atoms in total. The molecule has 2 N–H and O–H groups in total. The number of piperidine rings is 1. The van der Waals surface area contributed by atoms with Crippen LogP contribution in [0.15, 0.2) is 23.5 Å². The van der Waals surface area contributed by atoms with Gasteiger partial charge in [-0.05, 0) is 58.8 Å². The lowest BCUT2D eigenvalue weighted by molar-refractivity contribution is -0.270. The van der Waals surface area contributed by atoms with Crippen molar-refractivity contribution in [3.05, 3.63) is 24.2 Å². The summed E-state index contributed by atoms with van der Waals surface area (Å²) in [5.74, 6) is 0.277. The zero-order valence-electron chi connectivity index (χ0n) is 22.9. The lowest BCUT2D eigenvalue weighted by Gasteiger charge is -2.41. The van der Waals surface area contributed by atoms with Crippen LogP contribution in [0.4, 0.5) is 24.9 Å². The van der Waals surface area contributed by atoms with Crippen LogP contribution in [0.5, 0.6) is 0 Å². The van der Waals surface area contributed by atoms with E-state index in [1.807, 2.05) is 13.8 Å². The first kappa shape index (κ1) is 28.3. The maximum absolute atomic E-state index is 13.7. The molecule has 1 saturated heterocycles. The molecule has 2 saturated carbocycles. The molecular formula is C26H34F3N7O4S. The van der Waals surface area contributed by atoms with Crippen LogP contribution in [0, 0.1) is 0 Å². The molecular weight excluding hydrogens is 563 g/mol. The number of fused-ring (bicyclic) bond motifs is 2. The fourth-order valence-electron chi connectivity index (χ4n) is 6.36. The number of alkyl halides is 3. The van der Waals surface area contributed by atoms with E-state index < -0.39 is 46.1 Å². The van der Waals surface area contributed by atoms with Gasteiger partial charge in [-0.15, -0.1) is 0 Å². The molecule has 224 valence electrons. The molecule has 2 atom stereocenters. The van der Waals surface area contributed by atoms with Crippen molar-refractivity contribution >= 4 is 27.7 Å². The Kier molecular flexibility index (Phi) is 6.66. The van der Waals surface area contributed by atoms with E-state index in [1.165, 1.54) is 21.6 Å². The zero-order chi connectivity index (χ0) is 29.4. The standard InChI is InChI=1S/C26H34F3N7O4S/c1-16(2)35-15-19(13-31-35)41(39,40)34-10-5-17(6-11-34)32-23-30-14-20-21(33-23)36(22(37)24(20)8-9-24)18-4-3-7-25(38,12-18)26(27,28)29/h13-18,38H,3-12H2,1-2H3,(H,30,32,33)/t18?,25-/m1/s1. The van der Waals surface area contributed by atoms with E-state index in [0.29, 0.717) is 43.5 Å². The Labute approximate surface area is 236 Å². The van der Waals surface area contributed by atoms with Crippen LogP contribution in [0.3, 0.4) is 0 Å². The van der Waals surface area contributed by atoms with Crippen LogP contribution in [0.25, 0.3) is 0 Å². The van der Waals surface area contributed by atoms with Gasteiger partial charge >= 0.3 is 6.18 Å². The Hall–Kier alpha value is -2.78. The van der Waals surface area contributed by atoms with Crippen LogP contribution in [0.2, 0.25) is 0 Å². The molecule has 1 unspecified atom stereocenters. The normalized spacial score (nSPS) is 27.0. The van der Waals surface area contributed by atoms with Gasteiger partial charge in [0.25, 0.3) is 0 Å². The summed E-state index contributed by atoms with van der Waals surface area (Å²) in [6, 6.07) is -0.919. The molecule has 3 fully saturated rings. The van der Waals surface area contributed by atoms with Crippen molar-refractivity contribution in [2.24, 2.45) is 0 Å². The van der Waals surface area contributed by atoms with Crippen LogP contribution >= 0.6 is 0 Å². The number of hydrogen-bond acceptors (Lipinski definition) is 8. The topological polar surface area (TPSA) is 134 Å². The molecule has 0 bridgehead atoms. The van der Waals surface area contributed by atoms with Crippen LogP contribution < -0.4 is 10.2 Å². The molecule has 0 radical (unpaired) electrons. The third-order valence-corrected chi connectivity index (χ3v) is 10.9. The van der Waals surface area contributed by atoms with E-state index in [4.69, 9.17) is 0 Å². The highest BCUT2D eigenvalue weighted by Crippen LogP contribution is 2.58. The van der Waals surface area contributed by atoms with E-state index in [9.17, 15) is 31.5 Å². The van der Waals surface area contributed by atoms with Crippen molar-refractivity contribution in [2.75, 3.05) is 23.3 Å². The van der Waals surface area contributed by atoms with E-state index in [1.54, 1.807) is 10.9 Å². The van der Waals surface area contributed by atoms with Gasteiger partial charge in [0, 0.05) is 55.6 Å². The van der Waals surface area contributed by atoms with Crippen molar-refractivity contribution < 1.29 is 31.5 Å². The van der Waals surface area contributed by atoms with Gasteiger partial charge in [-0.2, -0.15) is 27.6 Å². The van der Waals surface area contributed by atoms with E-state index in [0.717, 1.165) is 0 Å². The highest BCUT2D eigenvalue weighted by atomic mass is 32.2. The number of sulfonamides is 1. The Morgan fingerprint density at radius 2 is 1.83 bits per heavy atom. The third kappa shape index (κ3) is 4.69. The number of nitrogens with one attached hydrogen (secondary N) is 1. The fraction of sp³-hybridized carbons (Fsp3) is 0.692. The number of carbonyl (C=O) groups excluding carboxylic acids is 1. The molecule has 4 aliphatic rings. The third-order valence-electron chi connectivity index (χ3n) is 9.02. The average molecular weight is 598 g/mol. The minimum Gasteiger partial charge on any atom is -0.380 e. The molecule has 15 heteroatoms. The van der Waals surface area contributed by atoms with Gasteiger partial charge in [0.2, 0.25) is 21.9 Å². The first-order chi connectivity index (χ1) is 19.2. The van der Waals surface area contributed by atoms with E-state index in [2.05, 4.69) is 20.4 Å². The predicted molar refractivity (Wildman–Crippen MR) is 142 cm³/mol. The van der Waals surface area contributed by atoms with Crippen molar-refractivity contribution in [3.63, 3.8) is 0 Å². The largest absolute Gasteiger partial charge is 0.417 e. The Balaban J connectivity index is 1.17. The van der Waals surface area contributed by atoms with Crippen LogP contribution in [0.1, 0.15) is 76.8 Å². The molecule has 6 rings (SSSR count). The summed E-state index contributed by atoms with van der Waals surface area (Å²) in [6.45, 7) is 4.39. The fourth-order valence-corrected chi connectivity index (χ4v) is 7.77. The first-order valence-corrected chi connectivity index (χ1v) is 15.5. The van der Waals surface area contributed by atoms with Gasteiger partial charge in [0.15, 0.2) is 5.60 Å². The lowest BCUT2D eigenvalue weighted by atomic mass is 9.80. The minimum atomic E-state index is -4.79. The smallest absolute Gasteiger partial charge is 0.380 e. The number of halogens is 3. The maximum atomic E-state index is 13.7. The second-order valence-corrected chi connectivity index (χ2v) is 14.0. The average Bonchev–Trinajstić information content (AvgIpc) is 3.47. The Morgan fingerprint density at radius 1 is 1.12 bits per heavy atom. The van der Waals surface area contributed by atoms with Gasteiger partial charge in [-0.1, -0.05) is 0 Å². The van der Waals surface area contributed by atoms with Crippen molar-refractivity contribution in [2.45, 2.75) is 105 Å². The minimum absolute atomic E-state index is 0.0381. The second-order valence-electron chi connectivity index (χ2n) is 12.0. The van der Waals surface area contributed by atoms with Gasteiger partial charge < -0.3 is 10.4 Å². The van der Waals surface area contributed by atoms with E-state index >= 15 is 0 Å². The summed E-state index contributed by atoms with van der Waals surface area (Å²) in [7, 11) is -3.68. The van der Waals surface area contributed by atoms with Gasteiger partial charge in [-0.25, -0.2) is 13.4 Å². The summed E-state index contributed by atoms with van der Waals surface area (Å²) in [5, 5.41) is 17.8. The first-order valence-electron chi connectivity index (χ1n) is 14.1. The molecule has 4 heterocycles. The van der Waals surface area contributed by atoms with Gasteiger partial charge in [0.05, 0.1) is 11.6 Å². The highest BCUT2D eigenvalue weighted by Gasteiger charge is 2.63. The van der Waals surface area contributed by atoms with Crippen molar-refractivity contribution in [3.8, 4) is 0 Å². The molecule has 2 aromatic rings. The second kappa shape index (κ2) is 9.63. The predicted octanol–water partition coefficient (Wildman–Crippen LogP) is 3.13. The van der Waals surface area contributed by atoms with Gasteiger partial charge in [0.1, 0.15) is 10.7 Å². The molecule has 2 aliphatic carbocycles. The quantitative estimate of drug-likeness (QED) is 0.519. The molecule has 0 aromatic carbocycles. The van der Waals surface area contributed by atoms with Crippen molar-refractivity contribution in [1.29, 1.82) is 0 Å². The number of rotatable bonds is 6. The number of nitrogens with zero attached hydrogens (tertiary/aromatic N) is 6. The van der Waals surface area contributed by atoms with Crippen LogP contribution in [-0.2, 0) is 20.2 Å². The number of aliphatic hydroxyl groups is 1. The summed E-state index contributed by atoms with van der Waals surface area (Å²) < 4.78 is 70.2. The monoisotopic (exact) mass is 597 g/mol.